The maximum absolute atomic E-state index is 12.4. The number of sulfonamides is 1. The summed E-state index contributed by atoms with van der Waals surface area (Å²) in [5, 5.41) is 11.7. The van der Waals surface area contributed by atoms with E-state index in [0.717, 1.165) is 12.0 Å². The Balaban J connectivity index is 2.18. The van der Waals surface area contributed by atoms with Crippen molar-refractivity contribution in [2.75, 3.05) is 20.1 Å². The van der Waals surface area contributed by atoms with E-state index in [2.05, 4.69) is 5.32 Å². The molecule has 0 radical (unpaired) electrons. The number of benzene rings is 1. The zero-order valence-electron chi connectivity index (χ0n) is 10.8. The standard InChI is InChI=1S/C13H17N3O2S/c1-15-12-7-9-16(10-12)19(17,18)13-4-2-11(3-5-13)6-8-14/h2-5,12,15H,6-7,9-10H2,1H3. The van der Waals surface area contributed by atoms with Gasteiger partial charge in [0.25, 0.3) is 0 Å². The van der Waals surface area contributed by atoms with E-state index in [1.807, 2.05) is 13.1 Å². The molecule has 1 aromatic rings. The highest BCUT2D eigenvalue weighted by Crippen LogP contribution is 2.21. The summed E-state index contributed by atoms with van der Waals surface area (Å²) in [6.45, 7) is 1.06. The van der Waals surface area contributed by atoms with E-state index in [-0.39, 0.29) is 6.04 Å². The van der Waals surface area contributed by atoms with E-state index < -0.39 is 10.0 Å². The average Bonchev–Trinajstić information content (AvgIpc) is 2.89. The molecular weight excluding hydrogens is 262 g/mol. The topological polar surface area (TPSA) is 73.2 Å². The van der Waals surface area contributed by atoms with Crippen LogP contribution in [-0.2, 0) is 16.4 Å². The molecule has 1 heterocycles. The number of hydrogen-bond acceptors (Lipinski definition) is 4. The van der Waals surface area contributed by atoms with E-state index in [1.165, 1.54) is 4.31 Å². The third-order valence-electron chi connectivity index (χ3n) is 3.40. The minimum Gasteiger partial charge on any atom is -0.316 e. The van der Waals surface area contributed by atoms with Crippen LogP contribution >= 0.6 is 0 Å². The maximum Gasteiger partial charge on any atom is 0.243 e. The lowest BCUT2D eigenvalue weighted by Crippen LogP contribution is -2.33. The normalized spacial score (nSPS) is 20.3. The van der Waals surface area contributed by atoms with Crippen LogP contribution in [0.25, 0.3) is 0 Å². The van der Waals surface area contributed by atoms with Gasteiger partial charge >= 0.3 is 0 Å². The Labute approximate surface area is 113 Å². The van der Waals surface area contributed by atoms with Gasteiger partial charge in [-0.2, -0.15) is 9.57 Å². The van der Waals surface area contributed by atoms with Gasteiger partial charge in [0, 0.05) is 19.1 Å². The summed E-state index contributed by atoms with van der Waals surface area (Å²) in [5.74, 6) is 0. The van der Waals surface area contributed by atoms with Crippen LogP contribution < -0.4 is 5.32 Å². The minimum atomic E-state index is -3.40. The van der Waals surface area contributed by atoms with Crippen LogP contribution in [0.15, 0.2) is 29.2 Å². The largest absolute Gasteiger partial charge is 0.316 e. The minimum absolute atomic E-state index is 0.229. The SMILES string of the molecule is CNC1CCN(S(=O)(=O)c2ccc(CC#N)cc2)C1. The molecule has 0 saturated carbocycles. The van der Waals surface area contributed by atoms with Crippen molar-refractivity contribution in [2.45, 2.75) is 23.8 Å². The first-order valence-electron chi connectivity index (χ1n) is 6.21. The maximum atomic E-state index is 12.4. The lowest BCUT2D eigenvalue weighted by Gasteiger charge is -2.16. The van der Waals surface area contributed by atoms with Crippen molar-refractivity contribution in [3.05, 3.63) is 29.8 Å². The quantitative estimate of drug-likeness (QED) is 0.882. The molecule has 1 aliphatic heterocycles. The van der Waals surface area contributed by atoms with Crippen LogP contribution in [0.5, 0.6) is 0 Å². The van der Waals surface area contributed by atoms with Gasteiger partial charge in [-0.1, -0.05) is 12.1 Å². The lowest BCUT2D eigenvalue weighted by molar-refractivity contribution is 0.464. The molecule has 19 heavy (non-hydrogen) atoms. The van der Waals surface area contributed by atoms with E-state index in [1.54, 1.807) is 24.3 Å². The predicted octanol–water partition coefficient (Wildman–Crippen LogP) is 0.735. The molecule has 5 nitrogen and oxygen atoms in total. The monoisotopic (exact) mass is 279 g/mol. The summed E-state index contributed by atoms with van der Waals surface area (Å²) in [6.07, 6.45) is 1.13. The van der Waals surface area contributed by atoms with Crippen LogP contribution in [-0.4, -0.2) is 38.9 Å². The van der Waals surface area contributed by atoms with E-state index in [4.69, 9.17) is 5.26 Å². The van der Waals surface area contributed by atoms with Crippen LogP contribution in [0.3, 0.4) is 0 Å². The molecular formula is C13H17N3O2S. The first kappa shape index (κ1) is 14.0. The molecule has 0 spiro atoms. The Bertz CT molecular complexity index is 575. The molecule has 1 N–H and O–H groups in total. The number of nitrogens with one attached hydrogen (secondary N) is 1. The fourth-order valence-electron chi connectivity index (χ4n) is 2.20. The fraction of sp³-hybridized carbons (Fsp3) is 0.462. The van der Waals surface area contributed by atoms with Gasteiger partial charge in [-0.15, -0.1) is 0 Å². The van der Waals surface area contributed by atoms with E-state index in [9.17, 15) is 8.42 Å². The average molecular weight is 279 g/mol. The van der Waals surface area contributed by atoms with Gasteiger partial charge in [0.1, 0.15) is 0 Å². The summed E-state index contributed by atoms with van der Waals surface area (Å²) in [7, 11) is -1.56. The summed E-state index contributed by atoms with van der Waals surface area (Å²) in [6, 6.07) is 8.82. The first-order valence-corrected chi connectivity index (χ1v) is 7.65. The molecule has 1 aromatic carbocycles. The molecule has 1 atom stereocenters. The van der Waals surface area contributed by atoms with Crippen LogP contribution in [0.2, 0.25) is 0 Å². The first-order chi connectivity index (χ1) is 9.07. The summed E-state index contributed by atoms with van der Waals surface area (Å²) >= 11 is 0. The smallest absolute Gasteiger partial charge is 0.243 e. The highest BCUT2D eigenvalue weighted by atomic mass is 32.2. The van der Waals surface area contributed by atoms with E-state index >= 15 is 0 Å². The number of nitriles is 1. The number of likely N-dealkylation sites (N-methyl/N-ethyl adjacent to an activating group) is 1. The molecule has 1 fully saturated rings. The second kappa shape index (κ2) is 5.70. The molecule has 1 aliphatic rings. The number of nitrogens with zero attached hydrogens (tertiary/aromatic N) is 2. The van der Waals surface area contributed by atoms with Crippen molar-refractivity contribution >= 4 is 10.0 Å². The van der Waals surface area contributed by atoms with E-state index in [0.29, 0.717) is 24.4 Å². The van der Waals surface area contributed by atoms with Crippen LogP contribution in [0.1, 0.15) is 12.0 Å². The van der Waals surface area contributed by atoms with Gasteiger partial charge in [-0.25, -0.2) is 8.42 Å². The van der Waals surface area contributed by atoms with Gasteiger partial charge in [0.05, 0.1) is 17.4 Å². The van der Waals surface area contributed by atoms with Gasteiger partial charge in [0.15, 0.2) is 0 Å². The predicted molar refractivity (Wildman–Crippen MR) is 72.0 cm³/mol. The van der Waals surface area contributed by atoms with Crippen LogP contribution in [0, 0.1) is 11.3 Å². The van der Waals surface area contributed by atoms with Gasteiger partial charge < -0.3 is 5.32 Å². The molecule has 1 saturated heterocycles. The van der Waals surface area contributed by atoms with Crippen molar-refractivity contribution in [3.63, 3.8) is 0 Å². The van der Waals surface area contributed by atoms with Crippen molar-refractivity contribution in [1.82, 2.24) is 9.62 Å². The Morgan fingerprint density at radius 2 is 2.11 bits per heavy atom. The molecule has 0 bridgehead atoms. The number of rotatable bonds is 4. The number of hydrogen-bond donors (Lipinski definition) is 1. The third kappa shape index (κ3) is 2.95. The van der Waals surface area contributed by atoms with Crippen molar-refractivity contribution < 1.29 is 8.42 Å². The second-order valence-electron chi connectivity index (χ2n) is 4.62. The highest BCUT2D eigenvalue weighted by molar-refractivity contribution is 7.89. The Hall–Kier alpha value is -1.42. The lowest BCUT2D eigenvalue weighted by atomic mass is 10.2. The van der Waals surface area contributed by atoms with Crippen molar-refractivity contribution in [2.24, 2.45) is 0 Å². The second-order valence-corrected chi connectivity index (χ2v) is 6.55. The van der Waals surface area contributed by atoms with Gasteiger partial charge in [-0.05, 0) is 31.2 Å². The zero-order chi connectivity index (χ0) is 13.9. The van der Waals surface area contributed by atoms with Gasteiger partial charge in [0.2, 0.25) is 10.0 Å². The zero-order valence-corrected chi connectivity index (χ0v) is 11.7. The Morgan fingerprint density at radius 1 is 1.42 bits per heavy atom. The molecule has 102 valence electrons. The molecule has 2 rings (SSSR count). The Morgan fingerprint density at radius 3 is 2.63 bits per heavy atom. The Kier molecular flexibility index (Phi) is 4.20. The summed E-state index contributed by atoms with van der Waals surface area (Å²) in [5.41, 5.74) is 0.830. The molecule has 0 aromatic heterocycles. The fourth-order valence-corrected chi connectivity index (χ4v) is 3.70. The molecule has 0 aliphatic carbocycles. The molecule has 0 amide bonds. The molecule has 1 unspecified atom stereocenters. The van der Waals surface area contributed by atoms with Crippen molar-refractivity contribution in [3.8, 4) is 6.07 Å². The van der Waals surface area contributed by atoms with Gasteiger partial charge in [-0.3, -0.25) is 0 Å². The summed E-state index contributed by atoms with van der Waals surface area (Å²) in [4.78, 5) is 0.297. The van der Waals surface area contributed by atoms with Crippen LogP contribution in [0.4, 0.5) is 0 Å². The third-order valence-corrected chi connectivity index (χ3v) is 5.28. The van der Waals surface area contributed by atoms with Crippen molar-refractivity contribution in [1.29, 1.82) is 5.26 Å². The highest BCUT2D eigenvalue weighted by Gasteiger charge is 2.31. The summed E-state index contributed by atoms with van der Waals surface area (Å²) < 4.78 is 26.3. The molecule has 6 heteroatoms.